The summed E-state index contributed by atoms with van der Waals surface area (Å²) in [5, 5.41) is 1.42. The molecule has 0 atom stereocenters. The van der Waals surface area contributed by atoms with E-state index in [4.69, 9.17) is 9.47 Å². The average Bonchev–Trinajstić information content (AvgIpc) is 2.75. The van der Waals surface area contributed by atoms with Crippen molar-refractivity contribution in [3.8, 4) is 11.1 Å². The third kappa shape index (κ3) is 4.04. The lowest BCUT2D eigenvalue weighted by Gasteiger charge is -2.20. The van der Waals surface area contributed by atoms with E-state index in [9.17, 15) is 19.2 Å². The van der Waals surface area contributed by atoms with Crippen molar-refractivity contribution in [1.82, 2.24) is 0 Å². The largest absolute Gasteiger partial charge is 0.462 e. The molecule has 3 aromatic rings. The number of fused-ring (bicyclic) bond motifs is 2. The van der Waals surface area contributed by atoms with Crippen LogP contribution in [0.4, 0.5) is 0 Å². The molecule has 0 N–H and O–H groups in total. The second-order valence-electron chi connectivity index (χ2n) is 7.75. The maximum absolute atomic E-state index is 12.8. The van der Waals surface area contributed by atoms with Gasteiger partial charge in [0.25, 0.3) is 0 Å². The van der Waals surface area contributed by atoms with Crippen LogP contribution in [0.1, 0.15) is 45.7 Å². The van der Waals surface area contributed by atoms with E-state index in [1.165, 1.54) is 13.8 Å². The predicted octanol–water partition coefficient (Wildman–Crippen LogP) is 4.10. The molecule has 4 bridgehead atoms. The van der Waals surface area contributed by atoms with Gasteiger partial charge in [-0.3, -0.25) is 19.2 Å². The normalized spacial score (nSPS) is 14.3. The molecule has 32 heavy (non-hydrogen) atoms. The van der Waals surface area contributed by atoms with E-state index < -0.39 is 11.9 Å². The Hall–Kier alpha value is -3.80. The Kier molecular flexibility index (Phi) is 5.86. The number of esters is 2. The van der Waals surface area contributed by atoms with Crippen LogP contribution in [-0.4, -0.2) is 36.7 Å². The van der Waals surface area contributed by atoms with Crippen LogP contribution in [0.15, 0.2) is 48.5 Å². The Balaban J connectivity index is 2.15. The quantitative estimate of drug-likeness (QED) is 0.449. The molecule has 1 aliphatic rings. The van der Waals surface area contributed by atoms with Crippen molar-refractivity contribution in [3.05, 3.63) is 70.8 Å². The van der Waals surface area contributed by atoms with Crippen molar-refractivity contribution < 1.29 is 28.7 Å². The molecular formula is C26H22O6. The molecule has 4 rings (SSSR count). The Morgan fingerprint density at radius 2 is 1.38 bits per heavy atom. The first-order valence-electron chi connectivity index (χ1n) is 10.4. The summed E-state index contributed by atoms with van der Waals surface area (Å²) in [7, 11) is 0. The third-order valence-electron chi connectivity index (χ3n) is 5.57. The van der Waals surface area contributed by atoms with Gasteiger partial charge in [-0.15, -0.1) is 0 Å². The first-order valence-corrected chi connectivity index (χ1v) is 10.4. The average molecular weight is 430 g/mol. The lowest BCUT2D eigenvalue weighted by Crippen LogP contribution is -2.17. The Labute approximate surface area is 185 Å². The summed E-state index contributed by atoms with van der Waals surface area (Å²) < 4.78 is 10.4. The van der Waals surface area contributed by atoms with Crippen LogP contribution in [0.2, 0.25) is 0 Å². The molecule has 0 radical (unpaired) electrons. The van der Waals surface area contributed by atoms with Crippen LogP contribution in [0.3, 0.4) is 0 Å². The Morgan fingerprint density at radius 3 is 2.03 bits per heavy atom. The topological polar surface area (TPSA) is 86.7 Å². The maximum Gasteiger partial charge on any atom is 0.310 e. The van der Waals surface area contributed by atoms with E-state index >= 15 is 0 Å². The van der Waals surface area contributed by atoms with Crippen LogP contribution < -0.4 is 0 Å². The molecule has 1 aliphatic heterocycles. The second-order valence-corrected chi connectivity index (χ2v) is 7.75. The number of Topliss-reactive ketones (excluding diaryl/α,β-unsaturated/α-hetero) is 2. The van der Waals surface area contributed by atoms with Gasteiger partial charge in [-0.05, 0) is 47.4 Å². The first kappa shape index (κ1) is 21.4. The summed E-state index contributed by atoms with van der Waals surface area (Å²) in [6.45, 7) is 2.77. The summed E-state index contributed by atoms with van der Waals surface area (Å²) in [5.74, 6) is -1.45. The molecule has 6 nitrogen and oxygen atoms in total. The smallest absolute Gasteiger partial charge is 0.310 e. The number of hydrogen-bond donors (Lipinski definition) is 0. The number of rotatable bonds is 2. The van der Waals surface area contributed by atoms with Gasteiger partial charge < -0.3 is 9.47 Å². The van der Waals surface area contributed by atoms with Crippen LogP contribution in [-0.2, 0) is 31.9 Å². The SMILES string of the molecule is CC(=O)c1cc2c3cccc2c(c1C(C)=O)-c1ccccc1CC(=O)OCCOC(=O)C3. The van der Waals surface area contributed by atoms with Gasteiger partial charge in [-0.25, -0.2) is 0 Å². The molecule has 0 aliphatic carbocycles. The highest BCUT2D eigenvalue weighted by atomic mass is 16.6. The van der Waals surface area contributed by atoms with E-state index in [1.807, 2.05) is 42.5 Å². The molecule has 0 spiro atoms. The number of ether oxygens (including phenoxy) is 2. The minimum atomic E-state index is -0.470. The van der Waals surface area contributed by atoms with E-state index in [2.05, 4.69) is 0 Å². The number of carbonyl (C=O) groups excluding carboxylic acids is 4. The molecule has 1 heterocycles. The van der Waals surface area contributed by atoms with E-state index in [-0.39, 0.29) is 43.2 Å². The van der Waals surface area contributed by atoms with E-state index in [0.29, 0.717) is 33.2 Å². The van der Waals surface area contributed by atoms with Crippen molar-refractivity contribution in [2.45, 2.75) is 26.7 Å². The first-order chi connectivity index (χ1) is 15.4. The van der Waals surface area contributed by atoms with E-state index in [1.54, 1.807) is 6.07 Å². The Morgan fingerprint density at radius 1 is 0.750 bits per heavy atom. The summed E-state index contributed by atoms with van der Waals surface area (Å²) in [6.07, 6.45) is -0.0317. The third-order valence-corrected chi connectivity index (χ3v) is 5.57. The summed E-state index contributed by atoms with van der Waals surface area (Å²) in [6, 6.07) is 14.4. The fourth-order valence-electron chi connectivity index (χ4n) is 4.21. The van der Waals surface area contributed by atoms with Gasteiger partial charge in [0.05, 0.1) is 12.8 Å². The van der Waals surface area contributed by atoms with Crippen molar-refractivity contribution in [3.63, 3.8) is 0 Å². The number of cyclic esters (lactones) is 2. The molecular weight excluding hydrogens is 408 g/mol. The maximum atomic E-state index is 12.8. The fraction of sp³-hybridized carbons (Fsp3) is 0.231. The lowest BCUT2D eigenvalue weighted by molar-refractivity contribution is -0.151. The number of ketones is 2. The van der Waals surface area contributed by atoms with Crippen molar-refractivity contribution in [1.29, 1.82) is 0 Å². The van der Waals surface area contributed by atoms with Gasteiger partial charge in [-0.1, -0.05) is 42.5 Å². The minimum Gasteiger partial charge on any atom is -0.462 e. The van der Waals surface area contributed by atoms with Crippen LogP contribution in [0.5, 0.6) is 0 Å². The summed E-state index contributed by atoms with van der Waals surface area (Å²) in [4.78, 5) is 50.2. The summed E-state index contributed by atoms with van der Waals surface area (Å²) in [5.41, 5.74) is 3.22. The highest BCUT2D eigenvalue weighted by Crippen LogP contribution is 2.38. The standard InChI is InChI=1S/C26H22O6/c1-15(27)21-14-22-18-7-5-9-20(22)26(25(21)16(2)28)19-8-4-3-6-17(19)12-23(29)31-10-11-32-24(30)13-18/h3-9,14H,10-13H2,1-2H3. The van der Waals surface area contributed by atoms with Gasteiger partial charge in [0.1, 0.15) is 13.2 Å². The molecule has 0 saturated heterocycles. The van der Waals surface area contributed by atoms with Crippen molar-refractivity contribution >= 4 is 34.3 Å². The molecule has 0 amide bonds. The minimum absolute atomic E-state index is 0.0108. The van der Waals surface area contributed by atoms with Gasteiger partial charge in [0.2, 0.25) is 0 Å². The number of benzene rings is 3. The highest BCUT2D eigenvalue weighted by molar-refractivity contribution is 6.18. The molecule has 0 fully saturated rings. The lowest BCUT2D eigenvalue weighted by atomic mass is 9.83. The molecule has 162 valence electrons. The molecule has 0 unspecified atom stereocenters. The van der Waals surface area contributed by atoms with Gasteiger partial charge in [-0.2, -0.15) is 0 Å². The van der Waals surface area contributed by atoms with E-state index in [0.717, 1.165) is 5.39 Å². The summed E-state index contributed by atoms with van der Waals surface area (Å²) >= 11 is 0. The zero-order valence-corrected chi connectivity index (χ0v) is 17.9. The monoisotopic (exact) mass is 430 g/mol. The highest BCUT2D eigenvalue weighted by Gasteiger charge is 2.24. The predicted molar refractivity (Wildman–Crippen MR) is 119 cm³/mol. The fourth-order valence-corrected chi connectivity index (χ4v) is 4.21. The van der Waals surface area contributed by atoms with Gasteiger partial charge in [0.15, 0.2) is 11.6 Å². The Bertz CT molecular complexity index is 1270. The molecule has 3 aromatic carbocycles. The van der Waals surface area contributed by atoms with Crippen LogP contribution in [0, 0.1) is 0 Å². The van der Waals surface area contributed by atoms with Crippen molar-refractivity contribution in [2.24, 2.45) is 0 Å². The van der Waals surface area contributed by atoms with Gasteiger partial charge in [0, 0.05) is 16.7 Å². The second kappa shape index (κ2) is 8.75. The zero-order valence-electron chi connectivity index (χ0n) is 17.9. The molecule has 6 heteroatoms. The van der Waals surface area contributed by atoms with Crippen LogP contribution in [0.25, 0.3) is 21.9 Å². The van der Waals surface area contributed by atoms with Gasteiger partial charge >= 0.3 is 11.9 Å². The van der Waals surface area contributed by atoms with Crippen LogP contribution >= 0.6 is 0 Å². The molecule has 0 saturated carbocycles. The number of hydrogen-bond acceptors (Lipinski definition) is 6. The number of carbonyl (C=O) groups is 4. The molecule has 0 aromatic heterocycles. The van der Waals surface area contributed by atoms with Crippen molar-refractivity contribution in [2.75, 3.05) is 13.2 Å². The zero-order chi connectivity index (χ0) is 22.8.